The minimum Gasteiger partial charge on any atom is -0.477 e. The number of nitrogen functional groups attached to an aromatic ring is 2. The monoisotopic (exact) mass is 1890 g/mol. The fourth-order valence-electron chi connectivity index (χ4n) is 8.12. The number of imidazole rings is 1. The second-order valence-corrected chi connectivity index (χ2v) is 34.8. The number of rotatable bonds is 11. The number of nitro groups is 4. The second-order valence-electron chi connectivity index (χ2n) is 22.4. The first-order valence-corrected chi connectivity index (χ1v) is 38.2. The van der Waals surface area contributed by atoms with Gasteiger partial charge in [0, 0.05) is 45.4 Å². The topological polar surface area (TPSA) is 379 Å². The number of alkyl halides is 1. The molecule has 0 radical (unpaired) electrons. The number of benzene rings is 7. The first kappa shape index (κ1) is 116. The number of hydrogen-bond donors (Lipinski definition) is 6. The molecule has 39 heteroatoms. The molecule has 0 saturated heterocycles. The SMILES string of the molecule is C.C.C.C.C.C.C.CC(C)(C)OC(=O)Nc1cccc(Cl)c1[N+](=O)[O-].CC(C)I.CC(C)N1C(=O)Cc2c(Cl)cccc21.CC(C)Nc1cccc(Cl)c1N.CC(C)n1c(Cl)nc2c(Cl)cccc21.CNc1cccc(Cl)c1[N+](=O)[O-].Nc1cccc(Cl)c1[N+](=O)[O-].O=C(O)c1cccc(Cl)c1[N+](=O)[O-].O=P(Cl)(Cl)Cl. The summed E-state index contributed by atoms with van der Waals surface area (Å²) in [6.45, 7) is 21.6. The molecule has 1 aliphatic rings. The van der Waals surface area contributed by atoms with Crippen LogP contribution in [0.3, 0.4) is 0 Å². The quantitative estimate of drug-likeness (QED) is 0.0175. The maximum atomic E-state index is 11.7. The minimum absolute atomic E-state index is 0. The van der Waals surface area contributed by atoms with Gasteiger partial charge in [-0.1, -0.05) is 212 Å². The summed E-state index contributed by atoms with van der Waals surface area (Å²) in [5.41, 5.74) is 14.4. The summed E-state index contributed by atoms with van der Waals surface area (Å²) < 4.78 is 17.3. The van der Waals surface area contributed by atoms with Gasteiger partial charge in [0.1, 0.15) is 53.8 Å². The molecular weight excluding hydrogens is 1790 g/mol. The highest BCUT2D eigenvalue weighted by Gasteiger charge is 2.31. The molecule has 2 heterocycles. The van der Waals surface area contributed by atoms with E-state index in [0.29, 0.717) is 44.2 Å². The summed E-state index contributed by atoms with van der Waals surface area (Å²) >= 11 is 62.4. The van der Waals surface area contributed by atoms with E-state index < -0.39 is 53.8 Å². The predicted octanol–water partition coefficient (Wildman–Crippen LogP) is 28.1. The standard InChI is InChI=1S/C11H13ClN2O4.C11H12ClNO.C10H10Cl2N2.C9H13ClN2.C7H7ClN2O2.C7H4ClNO4.C6H5ClN2O2.C3H7I.7CH4.Cl3OP/c1-11(2,3)18-10(15)13-8-6-4-5-7(12)9(8)14(16)17;1-7(2)13-10-5-3-4-9(12)8(10)6-11(13)14;1-6(2)14-8-5-3-4-7(11)9(8)13-10(14)12;1-6(2)12-8-5-3-4-7(10)9(8)11;1-9-6-4-2-3-5(8)7(6)10(11)12;8-5-3-1-2-4(7(10)11)6(5)9(12)13;7-4-2-1-3-5(8)6(4)9(10)11;1-3(2)4;;;;;;;;1-5(2,3)4/h4-6H,1-3H3,(H,13,15);3-5,7H,6H2,1-2H3;3-6H,1-2H3;3-6,12H,11H2,1-2H3;2-4,9H,1H3;1-3H,(H,10,11);1-3H,8H2;3H,1-2H3;7*1H4;. The van der Waals surface area contributed by atoms with Gasteiger partial charge in [-0.25, -0.2) is 14.6 Å². The number of para-hydroxylation sites is 6. The molecule has 7 aromatic carbocycles. The van der Waals surface area contributed by atoms with Crippen LogP contribution in [0.15, 0.2) is 127 Å². The molecule has 0 bridgehead atoms. The van der Waals surface area contributed by atoms with Gasteiger partial charge < -0.3 is 41.4 Å². The van der Waals surface area contributed by atoms with Crippen LogP contribution in [0.2, 0.25) is 40.4 Å². The molecule has 8 aromatic rings. The highest BCUT2D eigenvalue weighted by atomic mass is 127. The number of fused-ring (bicyclic) bond motifs is 2. The average molecular weight is 1890 g/mol. The number of carbonyl (C=O) groups excluding carboxylic acids is 2. The van der Waals surface area contributed by atoms with E-state index >= 15 is 0 Å². The molecule has 26 nitrogen and oxygen atoms in total. The van der Waals surface area contributed by atoms with Crippen molar-refractivity contribution in [1.29, 1.82) is 0 Å². The largest absolute Gasteiger partial charge is 0.477 e. The van der Waals surface area contributed by atoms with Crippen LogP contribution in [0.1, 0.15) is 150 Å². The zero-order chi connectivity index (χ0) is 79.3. The number of amides is 2. The van der Waals surface area contributed by atoms with Crippen molar-refractivity contribution in [3.63, 3.8) is 0 Å². The van der Waals surface area contributed by atoms with Gasteiger partial charge in [0.25, 0.3) is 0 Å². The van der Waals surface area contributed by atoms with Crippen molar-refractivity contribution in [2.24, 2.45) is 0 Å². The van der Waals surface area contributed by atoms with E-state index in [1.54, 1.807) is 57.0 Å². The maximum absolute atomic E-state index is 11.7. The Labute approximate surface area is 713 Å². The van der Waals surface area contributed by atoms with Crippen LogP contribution in [0, 0.1) is 40.5 Å². The second kappa shape index (κ2) is 55.6. The molecule has 0 saturated carbocycles. The van der Waals surface area contributed by atoms with Crippen LogP contribution >= 0.6 is 154 Å². The molecular formula is C71H99Cl11IN12O14P. The number of anilines is 6. The maximum Gasteiger partial charge on any atom is 0.412 e. The van der Waals surface area contributed by atoms with E-state index in [0.717, 1.165) is 38.0 Å². The van der Waals surface area contributed by atoms with E-state index in [2.05, 4.69) is 119 Å². The summed E-state index contributed by atoms with van der Waals surface area (Å²) in [4.78, 5) is 79.2. The molecule has 1 aromatic heterocycles. The molecule has 0 fully saturated rings. The van der Waals surface area contributed by atoms with Crippen molar-refractivity contribution in [3.8, 4) is 0 Å². The van der Waals surface area contributed by atoms with E-state index in [1.165, 1.54) is 48.5 Å². The number of aromatic nitrogens is 2. The number of nitrogens with zero attached hydrogens (tertiary/aromatic N) is 7. The minimum atomic E-state index is -3.22. The fraction of sp³-hybridized carbons (Fsp3) is 0.352. The van der Waals surface area contributed by atoms with Gasteiger partial charge in [0.2, 0.25) is 11.2 Å². The van der Waals surface area contributed by atoms with Crippen LogP contribution in [-0.4, -0.2) is 81.0 Å². The molecule has 0 atom stereocenters. The lowest BCUT2D eigenvalue weighted by Crippen LogP contribution is -2.33. The molecule has 1 aliphatic heterocycles. The molecule has 616 valence electrons. The van der Waals surface area contributed by atoms with Gasteiger partial charge in [-0.05, 0) is 193 Å². The van der Waals surface area contributed by atoms with Crippen molar-refractivity contribution >= 4 is 240 Å². The Kier molecular flexibility index (Phi) is 58.8. The van der Waals surface area contributed by atoms with Crippen LogP contribution in [0.25, 0.3) is 11.0 Å². The lowest BCUT2D eigenvalue weighted by molar-refractivity contribution is -0.385. The highest BCUT2D eigenvalue weighted by molar-refractivity contribution is 14.1. The summed E-state index contributed by atoms with van der Waals surface area (Å²) in [5, 5.41) is 58.0. The zero-order valence-electron chi connectivity index (χ0n) is 56.7. The Morgan fingerprint density at radius 1 is 0.573 bits per heavy atom. The smallest absolute Gasteiger partial charge is 0.412 e. The number of ether oxygens (including phenoxy) is 1. The number of nitrogens with one attached hydrogen (secondary N) is 3. The normalized spacial score (nSPS) is 10.3. The Balaban J connectivity index is -0.000000219. The third-order valence-corrected chi connectivity index (χ3v) is 14.4. The zero-order valence-corrected chi connectivity index (χ0v) is 68.0. The van der Waals surface area contributed by atoms with Gasteiger partial charge in [-0.2, -0.15) is 0 Å². The lowest BCUT2D eigenvalue weighted by Gasteiger charge is -2.21. The number of nitrogens with two attached hydrogens (primary N) is 2. The van der Waals surface area contributed by atoms with Gasteiger partial charge in [-0.3, -0.25) is 55.1 Å². The van der Waals surface area contributed by atoms with Crippen molar-refractivity contribution in [2.75, 3.05) is 39.4 Å². The average Bonchev–Trinajstić information content (AvgIpc) is 1.65. The third kappa shape index (κ3) is 40.6. The van der Waals surface area contributed by atoms with Crippen LogP contribution in [0.5, 0.6) is 0 Å². The number of carboxylic acid groups (broad SMARTS) is 1. The lowest BCUT2D eigenvalue weighted by atomic mass is 10.1. The van der Waals surface area contributed by atoms with E-state index in [4.69, 9.17) is 114 Å². The third-order valence-electron chi connectivity index (χ3n) is 12.0. The molecule has 8 N–H and O–H groups in total. The van der Waals surface area contributed by atoms with Gasteiger partial charge in [-0.15, -0.1) is 0 Å². The number of carboxylic acids is 1. The Morgan fingerprint density at radius 3 is 1.33 bits per heavy atom. The Bertz CT molecular complexity index is 4280. The summed E-state index contributed by atoms with van der Waals surface area (Å²) in [7, 11) is 1.61. The molecule has 0 aliphatic carbocycles. The van der Waals surface area contributed by atoms with Crippen molar-refractivity contribution < 1.29 is 48.5 Å². The van der Waals surface area contributed by atoms with Crippen molar-refractivity contribution in [2.45, 2.75) is 162 Å². The van der Waals surface area contributed by atoms with Gasteiger partial charge >= 0.3 is 40.0 Å². The van der Waals surface area contributed by atoms with Crippen molar-refractivity contribution in [3.05, 3.63) is 219 Å². The molecule has 2 amide bonds. The molecule has 110 heavy (non-hydrogen) atoms. The predicted molar refractivity (Wildman–Crippen MR) is 477 cm³/mol. The first-order valence-electron chi connectivity index (χ1n) is 29.5. The van der Waals surface area contributed by atoms with Gasteiger partial charge in [0.05, 0.1) is 53.1 Å². The summed E-state index contributed by atoms with van der Waals surface area (Å²) in [5.74, 6) is -1.22. The van der Waals surface area contributed by atoms with Crippen LogP contribution in [-0.2, 0) is 20.5 Å². The van der Waals surface area contributed by atoms with E-state index in [1.807, 2.05) is 66.9 Å². The van der Waals surface area contributed by atoms with E-state index in [-0.39, 0.29) is 119 Å². The molecule has 9 rings (SSSR count). The first-order chi connectivity index (χ1) is 47.6. The molecule has 0 spiro atoms. The number of nitro benzene ring substituents is 4. The number of aromatic carboxylic acids is 1. The Hall–Kier alpha value is -6.83. The van der Waals surface area contributed by atoms with Crippen LogP contribution < -0.4 is 32.3 Å². The summed E-state index contributed by atoms with van der Waals surface area (Å²) in [6, 6.07) is 35.0. The van der Waals surface area contributed by atoms with Gasteiger partial charge in [0.15, 0.2) is 0 Å². The highest BCUT2D eigenvalue weighted by Crippen LogP contribution is 2.61. The van der Waals surface area contributed by atoms with E-state index in [9.17, 15) is 59.4 Å². The fourth-order valence-corrected chi connectivity index (χ4v) is 10.1. The van der Waals surface area contributed by atoms with Crippen molar-refractivity contribution in [1.82, 2.24) is 9.55 Å². The number of halogens is 12. The molecule has 0 unspecified atom stereocenters. The number of carbonyl (C=O) groups is 3. The summed E-state index contributed by atoms with van der Waals surface area (Å²) in [6.07, 6.45) is -0.333. The Morgan fingerprint density at radius 2 is 0.945 bits per heavy atom. The van der Waals surface area contributed by atoms with Crippen LogP contribution in [0.4, 0.5) is 61.7 Å². The number of hydrogen-bond acceptors (Lipinski definition) is 18.